The molecule has 0 aromatic heterocycles. The van der Waals surface area contributed by atoms with E-state index in [-0.39, 0.29) is 43.2 Å². The molecule has 4 N–H and O–H groups in total. The number of aromatic hydroxyl groups is 1. The van der Waals surface area contributed by atoms with Crippen LogP contribution in [0.1, 0.15) is 70.3 Å². The van der Waals surface area contributed by atoms with E-state index in [2.05, 4.69) is 22.6 Å². The van der Waals surface area contributed by atoms with E-state index in [1.54, 1.807) is 6.07 Å². The van der Waals surface area contributed by atoms with E-state index >= 15 is 0 Å². The number of aliphatic hydroxyl groups is 3. The van der Waals surface area contributed by atoms with Crippen LogP contribution in [0.15, 0.2) is 28.9 Å². The number of methoxy groups -OCH3 is 1. The number of rotatable bonds is 10. The molecule has 1 aromatic carbocycles. The summed E-state index contributed by atoms with van der Waals surface area (Å²) in [4.78, 5) is 28.4. The van der Waals surface area contributed by atoms with Gasteiger partial charge in [0.15, 0.2) is 11.5 Å². The first-order valence-electron chi connectivity index (χ1n) is 14.0. The average molecular weight is 654 g/mol. The van der Waals surface area contributed by atoms with Crippen molar-refractivity contribution in [1.82, 2.24) is 4.90 Å². The van der Waals surface area contributed by atoms with E-state index in [1.165, 1.54) is 12.0 Å². The lowest BCUT2D eigenvalue weighted by atomic mass is 9.68. The molecule has 0 radical (unpaired) electrons. The van der Waals surface area contributed by atoms with Gasteiger partial charge in [-0.1, -0.05) is 37.8 Å². The highest BCUT2D eigenvalue weighted by molar-refractivity contribution is 14.1. The lowest BCUT2D eigenvalue weighted by molar-refractivity contribution is -0.143. The second-order valence-electron chi connectivity index (χ2n) is 10.9. The summed E-state index contributed by atoms with van der Waals surface area (Å²) < 4.78 is 5.95. The molecule has 2 aliphatic carbocycles. The van der Waals surface area contributed by atoms with Gasteiger partial charge in [-0.25, -0.2) is 0 Å². The predicted molar refractivity (Wildman–Crippen MR) is 156 cm³/mol. The average Bonchev–Trinajstić information content (AvgIpc) is 3.20. The molecule has 0 bridgehead atoms. The minimum absolute atomic E-state index is 0.0894. The number of hydrogen-bond acceptors (Lipinski definition) is 7. The van der Waals surface area contributed by atoms with Gasteiger partial charge in [0.05, 0.1) is 41.8 Å². The number of hydrogen-bond donors (Lipinski definition) is 4. The first-order valence-corrected chi connectivity index (χ1v) is 15.1. The molecular formula is C30H40INO7. The van der Waals surface area contributed by atoms with Crippen molar-refractivity contribution in [3.8, 4) is 11.5 Å². The normalized spacial score (nSPS) is 25.3. The molecule has 1 heterocycles. The summed E-state index contributed by atoms with van der Waals surface area (Å²) in [6.07, 6.45) is 7.68. The van der Waals surface area contributed by atoms with Gasteiger partial charge in [-0.2, -0.15) is 0 Å². The SMILES string of the molecule is CC/C(=C\c1cc(I)c(O)c(OC)c1)CC[C@@H](O)C1=C(CO)C[C@H]2C(=O)N(C3CCCCC3)C(=O)[C@H]2[C@H]1CO. The number of carbonyl (C=O) groups excluding carboxylic acids is 2. The smallest absolute Gasteiger partial charge is 0.234 e. The van der Waals surface area contributed by atoms with Crippen molar-refractivity contribution in [2.24, 2.45) is 17.8 Å². The molecule has 214 valence electrons. The summed E-state index contributed by atoms with van der Waals surface area (Å²) >= 11 is 2.05. The van der Waals surface area contributed by atoms with Crippen LogP contribution < -0.4 is 4.74 Å². The molecule has 1 aliphatic heterocycles. The lowest BCUT2D eigenvalue weighted by Crippen LogP contribution is -2.42. The largest absolute Gasteiger partial charge is 0.504 e. The van der Waals surface area contributed by atoms with Crippen molar-refractivity contribution in [2.75, 3.05) is 20.3 Å². The maximum atomic E-state index is 13.6. The Morgan fingerprint density at radius 2 is 1.90 bits per heavy atom. The van der Waals surface area contributed by atoms with Crippen molar-refractivity contribution in [3.05, 3.63) is 38.0 Å². The second-order valence-corrected chi connectivity index (χ2v) is 12.1. The molecule has 4 atom stereocenters. The topological polar surface area (TPSA) is 128 Å². The number of carbonyl (C=O) groups is 2. The quantitative estimate of drug-likeness (QED) is 0.170. The maximum Gasteiger partial charge on any atom is 0.234 e. The van der Waals surface area contributed by atoms with Crippen LogP contribution in [0.25, 0.3) is 6.08 Å². The van der Waals surface area contributed by atoms with Crippen LogP contribution in [0.4, 0.5) is 0 Å². The number of phenolic OH excluding ortho intramolecular Hbond substituents is 1. The molecule has 1 saturated heterocycles. The Labute approximate surface area is 243 Å². The van der Waals surface area contributed by atoms with E-state index in [0.717, 1.165) is 49.7 Å². The fraction of sp³-hybridized carbons (Fsp3) is 0.600. The highest BCUT2D eigenvalue weighted by Gasteiger charge is 2.56. The molecule has 8 nitrogen and oxygen atoms in total. The van der Waals surface area contributed by atoms with E-state index in [0.29, 0.717) is 33.3 Å². The van der Waals surface area contributed by atoms with E-state index < -0.39 is 23.9 Å². The fourth-order valence-corrected chi connectivity index (χ4v) is 7.35. The van der Waals surface area contributed by atoms with Crippen LogP contribution in [-0.2, 0) is 9.59 Å². The predicted octanol–water partition coefficient (Wildman–Crippen LogP) is 4.17. The lowest BCUT2D eigenvalue weighted by Gasteiger charge is -2.36. The van der Waals surface area contributed by atoms with Gasteiger partial charge < -0.3 is 25.2 Å². The molecule has 2 amide bonds. The molecule has 1 saturated carbocycles. The van der Waals surface area contributed by atoms with Crippen molar-refractivity contribution >= 4 is 40.5 Å². The van der Waals surface area contributed by atoms with E-state index in [9.17, 15) is 30.0 Å². The third-order valence-corrected chi connectivity index (χ3v) is 9.56. The molecule has 3 aliphatic rings. The van der Waals surface area contributed by atoms with Gasteiger partial charge in [0.25, 0.3) is 0 Å². The zero-order valence-electron chi connectivity index (χ0n) is 22.7. The van der Waals surface area contributed by atoms with Crippen molar-refractivity contribution < 1.29 is 34.8 Å². The minimum atomic E-state index is -0.957. The Morgan fingerprint density at radius 3 is 2.51 bits per heavy atom. The Bertz CT molecular complexity index is 1140. The number of imide groups is 1. The maximum absolute atomic E-state index is 13.6. The van der Waals surface area contributed by atoms with Crippen LogP contribution in [0.3, 0.4) is 0 Å². The Kier molecular flexibility index (Phi) is 10.1. The fourth-order valence-electron chi connectivity index (χ4n) is 6.73. The number of nitrogens with zero attached hydrogens (tertiary/aromatic N) is 1. The van der Waals surface area contributed by atoms with Gasteiger partial charge in [0.1, 0.15) is 0 Å². The van der Waals surface area contributed by atoms with Gasteiger partial charge in [-0.3, -0.25) is 14.5 Å². The van der Waals surface area contributed by atoms with Crippen molar-refractivity contribution in [1.29, 1.82) is 0 Å². The number of ether oxygens (including phenoxy) is 1. The number of likely N-dealkylation sites (tertiary alicyclic amines) is 1. The van der Waals surface area contributed by atoms with E-state index in [4.69, 9.17) is 4.74 Å². The third-order valence-electron chi connectivity index (χ3n) is 8.74. The first-order chi connectivity index (χ1) is 18.7. The minimum Gasteiger partial charge on any atom is -0.504 e. The molecule has 9 heteroatoms. The Hall–Kier alpha value is -1.95. The van der Waals surface area contributed by atoms with Gasteiger partial charge in [0, 0.05) is 12.0 Å². The number of amides is 2. The van der Waals surface area contributed by atoms with E-state index in [1.807, 2.05) is 19.1 Å². The summed E-state index contributed by atoms with van der Waals surface area (Å²) in [7, 11) is 1.51. The first kappa shape index (κ1) is 30.0. The van der Waals surface area contributed by atoms with Gasteiger partial charge in [-0.05, 0) is 90.0 Å². The number of aliphatic hydroxyl groups excluding tert-OH is 3. The van der Waals surface area contributed by atoms with Crippen LogP contribution in [0.5, 0.6) is 11.5 Å². The highest BCUT2D eigenvalue weighted by Crippen LogP contribution is 2.47. The molecule has 39 heavy (non-hydrogen) atoms. The monoisotopic (exact) mass is 653 g/mol. The number of halogens is 1. The number of allylic oxidation sites excluding steroid dienone is 1. The van der Waals surface area contributed by atoms with Crippen molar-refractivity contribution in [3.63, 3.8) is 0 Å². The molecule has 4 rings (SSSR count). The zero-order valence-corrected chi connectivity index (χ0v) is 24.9. The van der Waals surface area contributed by atoms with Crippen LogP contribution in [0.2, 0.25) is 0 Å². The molecule has 0 spiro atoms. The summed E-state index contributed by atoms with van der Waals surface area (Å²) in [5.41, 5.74) is 3.04. The summed E-state index contributed by atoms with van der Waals surface area (Å²) in [5.74, 6) is -1.91. The van der Waals surface area contributed by atoms with Crippen LogP contribution >= 0.6 is 22.6 Å². The molecule has 2 fully saturated rings. The number of fused-ring (bicyclic) bond motifs is 1. The molecule has 0 unspecified atom stereocenters. The summed E-state index contributed by atoms with van der Waals surface area (Å²) in [5, 5.41) is 42.2. The highest BCUT2D eigenvalue weighted by atomic mass is 127. The van der Waals surface area contributed by atoms with Crippen LogP contribution in [-0.4, -0.2) is 69.6 Å². The zero-order chi connectivity index (χ0) is 28.3. The summed E-state index contributed by atoms with van der Waals surface area (Å²) in [6, 6.07) is 3.54. The van der Waals surface area contributed by atoms with Gasteiger partial charge in [0.2, 0.25) is 11.8 Å². The molecule has 1 aromatic rings. The number of benzene rings is 1. The van der Waals surface area contributed by atoms with Crippen LogP contribution in [0, 0.1) is 21.3 Å². The van der Waals surface area contributed by atoms with Gasteiger partial charge in [-0.15, -0.1) is 0 Å². The molecular weight excluding hydrogens is 613 g/mol. The van der Waals surface area contributed by atoms with Crippen molar-refractivity contribution in [2.45, 2.75) is 76.9 Å². The number of phenols is 1. The Morgan fingerprint density at radius 1 is 1.18 bits per heavy atom. The third kappa shape index (κ3) is 6.06. The Balaban J connectivity index is 1.54. The van der Waals surface area contributed by atoms with Gasteiger partial charge >= 0.3 is 0 Å². The summed E-state index contributed by atoms with van der Waals surface area (Å²) in [6.45, 7) is 1.35. The standard InChI is InChI=1S/C30H40INO7/c1-3-17(11-18-12-23(31)28(36)25(13-18)39-2)9-10-24(35)26-19(15-33)14-21-27(22(26)16-34)30(38)32(29(21)37)20-7-5-4-6-8-20/h11-13,20-22,24,27,33-36H,3-10,14-16H2,1-2H3/b17-11+/t21-,22+,24-,27-/m1/s1. The second kappa shape index (κ2) is 13.1.